The van der Waals surface area contributed by atoms with E-state index in [1.54, 1.807) is 17.1 Å². The summed E-state index contributed by atoms with van der Waals surface area (Å²) >= 11 is 0. The van der Waals surface area contributed by atoms with Crippen molar-refractivity contribution in [3.8, 4) is 22.6 Å². The third-order valence-corrected chi connectivity index (χ3v) is 2.93. The number of aromatic nitrogens is 3. The number of nitrogens with zero attached hydrogens (tertiary/aromatic N) is 3. The van der Waals surface area contributed by atoms with Crippen LogP contribution in [0.1, 0.15) is 5.82 Å². The van der Waals surface area contributed by atoms with Crippen LogP contribution in [-0.4, -0.2) is 19.9 Å². The molecule has 19 heavy (non-hydrogen) atoms. The molecule has 0 atom stereocenters. The van der Waals surface area contributed by atoms with Gasteiger partial charge in [0.15, 0.2) is 0 Å². The van der Waals surface area contributed by atoms with Crippen molar-refractivity contribution >= 4 is 0 Å². The summed E-state index contributed by atoms with van der Waals surface area (Å²) in [5.74, 6) is 1.00. The number of phenolic OH excluding ortho intramolecular Hbond substituents is 1. The first-order valence-electron chi connectivity index (χ1n) is 6.01. The maximum absolute atomic E-state index is 9.89. The minimum absolute atomic E-state index is 0.273. The summed E-state index contributed by atoms with van der Waals surface area (Å²) in [6, 6.07) is 15.1. The van der Waals surface area contributed by atoms with Crippen LogP contribution in [0, 0.1) is 6.92 Å². The fourth-order valence-corrected chi connectivity index (χ4v) is 2.00. The van der Waals surface area contributed by atoms with Gasteiger partial charge in [0.1, 0.15) is 17.9 Å². The number of para-hydroxylation sites is 1. The van der Waals surface area contributed by atoms with Crippen molar-refractivity contribution in [1.29, 1.82) is 0 Å². The van der Waals surface area contributed by atoms with Crippen LogP contribution < -0.4 is 0 Å². The molecule has 0 bridgehead atoms. The van der Waals surface area contributed by atoms with Gasteiger partial charge in [-0.3, -0.25) is 0 Å². The molecule has 0 aliphatic carbocycles. The SMILES string of the molecule is Cc1ncn(-c2cccc(-c3ccccc3O)c2)n1. The van der Waals surface area contributed by atoms with E-state index in [0.717, 1.165) is 22.6 Å². The van der Waals surface area contributed by atoms with Crippen molar-refractivity contribution in [1.82, 2.24) is 14.8 Å². The predicted octanol–water partition coefficient (Wildman–Crippen LogP) is 2.95. The van der Waals surface area contributed by atoms with Crippen LogP contribution in [0.4, 0.5) is 0 Å². The zero-order valence-corrected chi connectivity index (χ0v) is 10.5. The third-order valence-electron chi connectivity index (χ3n) is 2.93. The molecule has 4 nitrogen and oxygen atoms in total. The van der Waals surface area contributed by atoms with Crippen molar-refractivity contribution in [2.75, 3.05) is 0 Å². The molecule has 3 rings (SSSR count). The number of aromatic hydroxyl groups is 1. The van der Waals surface area contributed by atoms with E-state index in [0.29, 0.717) is 0 Å². The van der Waals surface area contributed by atoms with E-state index < -0.39 is 0 Å². The second-order valence-electron chi connectivity index (χ2n) is 4.30. The van der Waals surface area contributed by atoms with Gasteiger partial charge in [0.05, 0.1) is 5.69 Å². The highest BCUT2D eigenvalue weighted by Crippen LogP contribution is 2.29. The molecule has 0 aliphatic heterocycles. The molecule has 1 N–H and O–H groups in total. The van der Waals surface area contributed by atoms with Gasteiger partial charge in [0.2, 0.25) is 0 Å². The Labute approximate surface area is 111 Å². The molecule has 0 saturated carbocycles. The van der Waals surface area contributed by atoms with Gasteiger partial charge in [-0.1, -0.05) is 30.3 Å². The Morgan fingerprint density at radius 1 is 1.05 bits per heavy atom. The molecule has 0 amide bonds. The second-order valence-corrected chi connectivity index (χ2v) is 4.30. The van der Waals surface area contributed by atoms with E-state index in [9.17, 15) is 5.11 Å². The van der Waals surface area contributed by atoms with Gasteiger partial charge in [-0.05, 0) is 30.7 Å². The number of phenols is 1. The van der Waals surface area contributed by atoms with Crippen LogP contribution in [0.5, 0.6) is 5.75 Å². The molecular formula is C15H13N3O. The topological polar surface area (TPSA) is 50.9 Å². The first kappa shape index (κ1) is 11.5. The lowest BCUT2D eigenvalue weighted by molar-refractivity contribution is 0.477. The second kappa shape index (κ2) is 4.57. The van der Waals surface area contributed by atoms with Gasteiger partial charge in [0.25, 0.3) is 0 Å². The lowest BCUT2D eigenvalue weighted by Gasteiger charge is -2.07. The molecule has 2 aromatic carbocycles. The maximum Gasteiger partial charge on any atom is 0.147 e. The quantitative estimate of drug-likeness (QED) is 0.761. The zero-order valence-electron chi connectivity index (χ0n) is 10.5. The van der Waals surface area contributed by atoms with Gasteiger partial charge in [0, 0.05) is 5.56 Å². The van der Waals surface area contributed by atoms with Crippen molar-refractivity contribution in [2.45, 2.75) is 6.92 Å². The molecule has 94 valence electrons. The average molecular weight is 251 g/mol. The predicted molar refractivity (Wildman–Crippen MR) is 73.2 cm³/mol. The van der Waals surface area contributed by atoms with E-state index >= 15 is 0 Å². The normalized spacial score (nSPS) is 10.6. The van der Waals surface area contributed by atoms with Crippen LogP contribution in [0.2, 0.25) is 0 Å². The number of benzene rings is 2. The molecule has 0 radical (unpaired) electrons. The van der Waals surface area contributed by atoms with Crippen LogP contribution in [0.25, 0.3) is 16.8 Å². The summed E-state index contributed by atoms with van der Waals surface area (Å²) in [5.41, 5.74) is 2.67. The van der Waals surface area contributed by atoms with E-state index in [2.05, 4.69) is 10.1 Å². The first-order chi connectivity index (χ1) is 9.24. The molecule has 3 aromatic rings. The minimum Gasteiger partial charge on any atom is -0.507 e. The largest absolute Gasteiger partial charge is 0.507 e. The lowest BCUT2D eigenvalue weighted by atomic mass is 10.0. The monoisotopic (exact) mass is 251 g/mol. The Bertz CT molecular complexity index is 719. The Morgan fingerprint density at radius 3 is 2.63 bits per heavy atom. The number of rotatable bonds is 2. The van der Waals surface area contributed by atoms with E-state index in [1.807, 2.05) is 49.4 Å². The first-order valence-corrected chi connectivity index (χ1v) is 6.01. The van der Waals surface area contributed by atoms with Crippen molar-refractivity contribution in [3.63, 3.8) is 0 Å². The fourth-order valence-electron chi connectivity index (χ4n) is 2.00. The summed E-state index contributed by atoms with van der Waals surface area (Å²) in [5, 5.41) is 14.2. The molecular weight excluding hydrogens is 238 g/mol. The average Bonchev–Trinajstić information content (AvgIpc) is 2.86. The number of hydrogen-bond acceptors (Lipinski definition) is 3. The van der Waals surface area contributed by atoms with Crippen molar-refractivity contribution in [2.24, 2.45) is 0 Å². The molecule has 0 fully saturated rings. The van der Waals surface area contributed by atoms with Crippen LogP contribution >= 0.6 is 0 Å². The van der Waals surface area contributed by atoms with Crippen LogP contribution in [0.15, 0.2) is 54.9 Å². The Morgan fingerprint density at radius 2 is 1.89 bits per heavy atom. The summed E-state index contributed by atoms with van der Waals surface area (Å²) in [4.78, 5) is 4.12. The molecule has 0 aliphatic rings. The maximum atomic E-state index is 9.89. The Balaban J connectivity index is 2.08. The fraction of sp³-hybridized carbons (Fsp3) is 0.0667. The standard InChI is InChI=1S/C15H13N3O/c1-11-16-10-18(17-11)13-6-4-5-12(9-13)14-7-2-3-8-15(14)19/h2-10,19H,1H3. The van der Waals surface area contributed by atoms with E-state index in [4.69, 9.17) is 0 Å². The number of hydrogen-bond donors (Lipinski definition) is 1. The molecule has 0 saturated heterocycles. The summed E-state index contributed by atoms with van der Waals surface area (Å²) in [6.45, 7) is 1.85. The van der Waals surface area contributed by atoms with Crippen LogP contribution in [0.3, 0.4) is 0 Å². The minimum atomic E-state index is 0.273. The molecule has 4 heteroatoms. The molecule has 0 unspecified atom stereocenters. The third kappa shape index (κ3) is 2.20. The van der Waals surface area contributed by atoms with Crippen LogP contribution in [-0.2, 0) is 0 Å². The van der Waals surface area contributed by atoms with Gasteiger partial charge in [-0.15, -0.1) is 0 Å². The highest BCUT2D eigenvalue weighted by Gasteiger charge is 2.05. The highest BCUT2D eigenvalue weighted by atomic mass is 16.3. The lowest BCUT2D eigenvalue weighted by Crippen LogP contribution is -1.95. The van der Waals surface area contributed by atoms with Gasteiger partial charge in [-0.25, -0.2) is 9.67 Å². The molecule has 1 heterocycles. The van der Waals surface area contributed by atoms with E-state index in [1.165, 1.54) is 0 Å². The Hall–Kier alpha value is -2.62. The van der Waals surface area contributed by atoms with E-state index in [-0.39, 0.29) is 5.75 Å². The van der Waals surface area contributed by atoms with Gasteiger partial charge in [-0.2, -0.15) is 5.10 Å². The van der Waals surface area contributed by atoms with Crippen molar-refractivity contribution in [3.05, 3.63) is 60.7 Å². The Kier molecular flexibility index (Phi) is 2.76. The number of aryl methyl sites for hydroxylation is 1. The van der Waals surface area contributed by atoms with Gasteiger partial charge < -0.3 is 5.11 Å². The highest BCUT2D eigenvalue weighted by molar-refractivity contribution is 5.71. The zero-order chi connectivity index (χ0) is 13.2. The summed E-state index contributed by atoms with van der Waals surface area (Å²) in [7, 11) is 0. The van der Waals surface area contributed by atoms with Crippen molar-refractivity contribution < 1.29 is 5.11 Å². The molecule has 0 spiro atoms. The summed E-state index contributed by atoms with van der Waals surface area (Å²) < 4.78 is 1.72. The van der Waals surface area contributed by atoms with Gasteiger partial charge >= 0.3 is 0 Å². The smallest absolute Gasteiger partial charge is 0.147 e. The summed E-state index contributed by atoms with van der Waals surface area (Å²) in [6.07, 6.45) is 1.68. The molecule has 1 aromatic heterocycles.